The first kappa shape index (κ1) is 28.1. The number of fused-ring (bicyclic) bond motifs is 10. The van der Waals surface area contributed by atoms with E-state index in [1.807, 2.05) is 37.3 Å². The summed E-state index contributed by atoms with van der Waals surface area (Å²) in [6, 6.07) is 12.0. The van der Waals surface area contributed by atoms with Crippen molar-refractivity contribution in [3.8, 4) is 0 Å². The number of aryl methyl sites for hydroxylation is 2. The molecule has 40 heavy (non-hydrogen) atoms. The molecule has 0 aliphatic carbocycles. The maximum Gasteiger partial charge on any atom is 0.297 e. The number of nitrogens with zero attached hydrogens (tertiary/aromatic N) is 2. The van der Waals surface area contributed by atoms with Crippen LogP contribution < -0.4 is 0 Å². The smallest absolute Gasteiger partial charge is 0.297 e. The van der Waals surface area contributed by atoms with E-state index in [2.05, 4.69) is 42.9 Å². The van der Waals surface area contributed by atoms with Crippen LogP contribution in [0.1, 0.15) is 100 Å². The maximum atomic E-state index is 12.8. The van der Waals surface area contributed by atoms with E-state index in [9.17, 15) is 13.0 Å². The van der Waals surface area contributed by atoms with E-state index in [1.165, 1.54) is 11.1 Å². The summed E-state index contributed by atoms with van der Waals surface area (Å²) in [7, 11) is -4.52. The van der Waals surface area contributed by atoms with Crippen LogP contribution in [0.3, 0.4) is 0 Å². The molecule has 3 aromatic heterocycles. The number of aromatic amines is 2. The van der Waals surface area contributed by atoms with Gasteiger partial charge in [0.05, 0.1) is 28.1 Å². The molecule has 0 aromatic carbocycles. The van der Waals surface area contributed by atoms with Crippen LogP contribution in [-0.4, -0.2) is 32.9 Å². The van der Waals surface area contributed by atoms with Gasteiger partial charge >= 0.3 is 0 Å². The van der Waals surface area contributed by atoms with Crippen LogP contribution in [-0.2, 0) is 23.0 Å². The van der Waals surface area contributed by atoms with Crippen LogP contribution in [0.5, 0.6) is 0 Å². The third kappa shape index (κ3) is 5.43. The molecule has 0 radical (unpaired) electrons. The minimum Gasteiger partial charge on any atom is -0.354 e. The minimum atomic E-state index is -4.52. The molecule has 0 saturated heterocycles. The average Bonchev–Trinajstić information content (AvgIpc) is 3.66. The molecular weight excluding hydrogens is 520 g/mol. The van der Waals surface area contributed by atoms with Crippen LogP contribution in [0, 0.1) is 0 Å². The van der Waals surface area contributed by atoms with Gasteiger partial charge in [0.2, 0.25) is 0 Å². The van der Waals surface area contributed by atoms with Crippen molar-refractivity contribution in [2.75, 3.05) is 0 Å². The van der Waals surface area contributed by atoms with E-state index >= 15 is 0 Å². The van der Waals surface area contributed by atoms with Gasteiger partial charge in [-0.25, -0.2) is 9.97 Å². The maximum absolute atomic E-state index is 12.8. The Kier molecular flexibility index (Phi) is 8.10. The molecule has 0 amide bonds. The fraction of sp³-hybridized carbons (Fsp3) is 0.375. The van der Waals surface area contributed by atoms with Crippen molar-refractivity contribution in [3.63, 3.8) is 0 Å². The summed E-state index contributed by atoms with van der Waals surface area (Å²) < 4.78 is 35.9. The molecule has 3 aromatic rings. The molecule has 3 N–H and O–H groups in total. The number of nitrogens with one attached hydrogen (secondary N) is 2. The molecule has 210 valence electrons. The molecule has 2 aliphatic rings. The molecule has 7 nitrogen and oxygen atoms in total. The van der Waals surface area contributed by atoms with Crippen molar-refractivity contribution >= 4 is 54.3 Å². The van der Waals surface area contributed by atoms with E-state index in [1.54, 1.807) is 0 Å². The summed E-state index contributed by atoms with van der Waals surface area (Å²) in [6.45, 7) is 8.43. The van der Waals surface area contributed by atoms with Gasteiger partial charge in [0.25, 0.3) is 10.1 Å². The second-order valence-corrected chi connectivity index (χ2v) is 11.9. The molecule has 2 aliphatic heterocycles. The summed E-state index contributed by atoms with van der Waals surface area (Å²) in [4.78, 5) is 16.7. The van der Waals surface area contributed by atoms with E-state index in [0.29, 0.717) is 29.6 Å². The van der Waals surface area contributed by atoms with Crippen LogP contribution in [0.25, 0.3) is 44.2 Å². The van der Waals surface area contributed by atoms with Crippen LogP contribution in [0.15, 0.2) is 36.4 Å². The highest BCUT2D eigenvalue weighted by atomic mass is 32.2. The molecule has 0 fully saturated rings. The van der Waals surface area contributed by atoms with Crippen LogP contribution in [0.4, 0.5) is 0 Å². The van der Waals surface area contributed by atoms with Gasteiger partial charge in [-0.1, -0.05) is 53.4 Å². The molecule has 5 heterocycles. The second kappa shape index (κ2) is 11.6. The fourth-order valence-corrected chi connectivity index (χ4v) is 6.60. The summed E-state index contributed by atoms with van der Waals surface area (Å²) in [5.74, 6) is 0. The van der Waals surface area contributed by atoms with E-state index < -0.39 is 10.1 Å². The molecule has 5 rings (SSSR count). The molecule has 0 unspecified atom stereocenters. The zero-order chi connectivity index (χ0) is 28.4. The van der Waals surface area contributed by atoms with E-state index in [4.69, 9.17) is 9.97 Å². The van der Waals surface area contributed by atoms with Gasteiger partial charge in [-0.2, -0.15) is 8.42 Å². The molecular formula is C32H38N4O3S. The van der Waals surface area contributed by atoms with E-state index in [0.717, 1.165) is 72.0 Å². The lowest BCUT2D eigenvalue weighted by Gasteiger charge is -2.04. The number of aromatic nitrogens is 4. The van der Waals surface area contributed by atoms with Crippen molar-refractivity contribution in [1.29, 1.82) is 0 Å². The Balaban J connectivity index is 1.93. The standard InChI is InChI=1S/C32H38N4O3S/c1-5-9-20-17-28-29-18-21(10-6-2)25(34-29)15-16-27-23(12-8-4)32(40(37,38)39)31(36-27)30-19-22(11-7-3)26(35-30)14-13-24(20)33-28/h13-19,34-35H,5-12H2,1-4H3,(H,37,38,39). The minimum absolute atomic E-state index is 0.105. The highest BCUT2D eigenvalue weighted by Crippen LogP contribution is 2.38. The number of H-pyrrole nitrogens is 2. The predicted molar refractivity (Wildman–Crippen MR) is 165 cm³/mol. The van der Waals surface area contributed by atoms with Crippen molar-refractivity contribution < 1.29 is 13.0 Å². The normalized spacial score (nSPS) is 13.7. The van der Waals surface area contributed by atoms with Gasteiger partial charge in [-0.15, -0.1) is 0 Å². The molecule has 0 atom stereocenters. The Labute approximate surface area is 236 Å². The Morgan fingerprint density at radius 1 is 0.700 bits per heavy atom. The van der Waals surface area contributed by atoms with Crippen LogP contribution >= 0.6 is 0 Å². The first-order chi connectivity index (χ1) is 19.3. The first-order valence-corrected chi connectivity index (χ1v) is 15.9. The van der Waals surface area contributed by atoms with Gasteiger partial charge in [0.1, 0.15) is 10.6 Å². The lowest BCUT2D eigenvalue weighted by molar-refractivity contribution is 0.496. The zero-order valence-electron chi connectivity index (χ0n) is 23.8. The quantitative estimate of drug-likeness (QED) is 0.230. The molecule has 8 bridgehead atoms. The average molecular weight is 559 g/mol. The van der Waals surface area contributed by atoms with Gasteiger partial charge in [0, 0.05) is 16.6 Å². The topological polar surface area (TPSA) is 112 Å². The molecule has 0 saturated carbocycles. The third-order valence-corrected chi connectivity index (χ3v) is 8.40. The molecule has 8 heteroatoms. The highest BCUT2D eigenvalue weighted by Gasteiger charge is 2.30. The zero-order valence-corrected chi connectivity index (χ0v) is 24.6. The Hall–Kier alpha value is -3.49. The number of allylic oxidation sites excluding steroid dienone is 2. The Bertz CT molecular complexity index is 1770. The lowest BCUT2D eigenvalue weighted by Crippen LogP contribution is -2.02. The monoisotopic (exact) mass is 558 g/mol. The number of rotatable bonds is 9. The van der Waals surface area contributed by atoms with Crippen molar-refractivity contribution in [3.05, 3.63) is 70.3 Å². The van der Waals surface area contributed by atoms with Gasteiger partial charge in [0.15, 0.2) is 0 Å². The van der Waals surface area contributed by atoms with Crippen LogP contribution in [0.2, 0.25) is 0 Å². The lowest BCUT2D eigenvalue weighted by atomic mass is 10.1. The Morgan fingerprint density at radius 3 is 1.88 bits per heavy atom. The Morgan fingerprint density at radius 2 is 1.27 bits per heavy atom. The summed E-state index contributed by atoms with van der Waals surface area (Å²) in [5.41, 5.74) is 10.0. The predicted octanol–water partition coefficient (Wildman–Crippen LogP) is 8.12. The molecule has 0 spiro atoms. The fourth-order valence-electron chi connectivity index (χ4n) is 5.68. The summed E-state index contributed by atoms with van der Waals surface area (Å²) in [6.07, 6.45) is 8.97. The number of hydrogen-bond acceptors (Lipinski definition) is 4. The first-order valence-electron chi connectivity index (χ1n) is 14.4. The van der Waals surface area contributed by atoms with Gasteiger partial charge in [-0.3, -0.25) is 4.55 Å². The summed E-state index contributed by atoms with van der Waals surface area (Å²) in [5, 5.41) is 0. The SMILES string of the molecule is CCCC1=Cc2nc1ccc1[nH]c(cc1CCC)c1nc(ccc3[nH]c2cc3CCC)C(CCC)=C1S(=O)(=O)O. The number of hydrogen-bond donors (Lipinski definition) is 3. The summed E-state index contributed by atoms with van der Waals surface area (Å²) >= 11 is 0. The third-order valence-electron chi connectivity index (χ3n) is 7.44. The highest BCUT2D eigenvalue weighted by molar-refractivity contribution is 7.95. The van der Waals surface area contributed by atoms with Gasteiger partial charge < -0.3 is 9.97 Å². The van der Waals surface area contributed by atoms with Crippen molar-refractivity contribution in [2.45, 2.75) is 79.1 Å². The van der Waals surface area contributed by atoms with Crippen molar-refractivity contribution in [1.82, 2.24) is 19.9 Å². The van der Waals surface area contributed by atoms with E-state index in [-0.39, 0.29) is 10.6 Å². The largest absolute Gasteiger partial charge is 0.354 e. The second-order valence-electron chi connectivity index (χ2n) is 10.6. The van der Waals surface area contributed by atoms with Gasteiger partial charge in [-0.05, 0) is 84.9 Å². The van der Waals surface area contributed by atoms with Crippen molar-refractivity contribution in [2.24, 2.45) is 0 Å².